The lowest BCUT2D eigenvalue weighted by atomic mass is 10.3. The zero-order valence-corrected chi connectivity index (χ0v) is 10.8. The molecule has 0 aliphatic heterocycles. The molecule has 18 heavy (non-hydrogen) atoms. The molecule has 2 rings (SSSR count). The Hall–Kier alpha value is -1.82. The van der Waals surface area contributed by atoms with Crippen molar-refractivity contribution < 1.29 is 13.9 Å². The van der Waals surface area contributed by atoms with Crippen LogP contribution in [0.25, 0.3) is 0 Å². The van der Waals surface area contributed by atoms with Crippen molar-refractivity contribution in [3.8, 4) is 0 Å². The number of esters is 1. The summed E-state index contributed by atoms with van der Waals surface area (Å²) < 4.78 is 9.84. The number of thiazole rings is 1. The molecule has 2 aromatic rings. The van der Waals surface area contributed by atoms with E-state index in [1.54, 1.807) is 19.5 Å². The third kappa shape index (κ3) is 3.59. The van der Waals surface area contributed by atoms with Gasteiger partial charge in [-0.2, -0.15) is 0 Å². The molecular weight excluding hydrogens is 252 g/mol. The first-order valence-corrected chi connectivity index (χ1v) is 6.51. The Bertz CT molecular complexity index is 493. The van der Waals surface area contributed by atoms with E-state index in [1.807, 2.05) is 11.4 Å². The maximum atomic E-state index is 11.3. The summed E-state index contributed by atoms with van der Waals surface area (Å²) in [6.45, 7) is 2.84. The van der Waals surface area contributed by atoms with Gasteiger partial charge in [-0.15, -0.1) is 11.3 Å². The van der Waals surface area contributed by atoms with Crippen molar-refractivity contribution in [3.05, 3.63) is 35.2 Å². The molecule has 2 aromatic heterocycles. The van der Waals surface area contributed by atoms with Crippen molar-refractivity contribution in [2.24, 2.45) is 0 Å². The predicted molar refractivity (Wildman–Crippen MR) is 68.5 cm³/mol. The highest BCUT2D eigenvalue weighted by Crippen LogP contribution is 2.17. The summed E-state index contributed by atoms with van der Waals surface area (Å²) in [6, 6.07) is 1.89. The molecule has 0 saturated carbocycles. The smallest absolute Gasteiger partial charge is 0.311 e. The van der Waals surface area contributed by atoms with Gasteiger partial charge in [0.2, 0.25) is 0 Å². The molecule has 0 atom stereocenters. The van der Waals surface area contributed by atoms with E-state index in [4.69, 9.17) is 9.15 Å². The van der Waals surface area contributed by atoms with Gasteiger partial charge >= 0.3 is 5.97 Å². The number of carbonyl (C=O) groups is 1. The number of rotatable bonds is 6. The van der Waals surface area contributed by atoms with Gasteiger partial charge in [0, 0.05) is 17.5 Å². The van der Waals surface area contributed by atoms with E-state index in [0.717, 1.165) is 16.4 Å². The number of aromatic nitrogens is 1. The molecule has 5 nitrogen and oxygen atoms in total. The molecular formula is C12H14N2O3S. The maximum absolute atomic E-state index is 11.3. The maximum Gasteiger partial charge on any atom is 0.311 e. The normalized spacial score (nSPS) is 10.3. The van der Waals surface area contributed by atoms with Gasteiger partial charge in [-0.25, -0.2) is 4.98 Å². The minimum atomic E-state index is -0.246. The fourth-order valence-electron chi connectivity index (χ4n) is 1.40. The minimum absolute atomic E-state index is 0.220. The van der Waals surface area contributed by atoms with Crippen molar-refractivity contribution in [1.82, 2.24) is 4.98 Å². The molecule has 0 aliphatic rings. The third-order valence-corrected chi connectivity index (χ3v) is 3.06. The number of carbonyl (C=O) groups excluding carboxylic acids is 1. The minimum Gasteiger partial charge on any atom is -0.472 e. The highest BCUT2D eigenvalue weighted by atomic mass is 32.1. The Morgan fingerprint density at radius 3 is 3.22 bits per heavy atom. The number of nitrogens with one attached hydrogen (secondary N) is 1. The number of nitrogens with zero attached hydrogens (tertiary/aromatic N) is 1. The monoisotopic (exact) mass is 266 g/mol. The second-order valence-electron chi connectivity index (χ2n) is 3.61. The van der Waals surface area contributed by atoms with E-state index in [0.29, 0.717) is 13.2 Å². The topological polar surface area (TPSA) is 64.4 Å². The Labute approximate surface area is 109 Å². The molecule has 0 saturated heterocycles. The van der Waals surface area contributed by atoms with Gasteiger partial charge in [0.25, 0.3) is 0 Å². The zero-order valence-electron chi connectivity index (χ0n) is 10.0. The number of hydrogen-bond acceptors (Lipinski definition) is 6. The Morgan fingerprint density at radius 2 is 2.50 bits per heavy atom. The van der Waals surface area contributed by atoms with Crippen LogP contribution in [0, 0.1) is 0 Å². The van der Waals surface area contributed by atoms with Crippen LogP contribution in [0.15, 0.2) is 28.4 Å². The number of furan rings is 1. The molecule has 2 heterocycles. The van der Waals surface area contributed by atoms with Crippen LogP contribution in [0.2, 0.25) is 0 Å². The van der Waals surface area contributed by atoms with Gasteiger partial charge in [0.05, 0.1) is 31.2 Å². The summed E-state index contributed by atoms with van der Waals surface area (Å²) in [5.41, 5.74) is 1.78. The van der Waals surface area contributed by atoms with E-state index >= 15 is 0 Å². The van der Waals surface area contributed by atoms with E-state index < -0.39 is 0 Å². The summed E-state index contributed by atoms with van der Waals surface area (Å²) in [7, 11) is 0. The molecule has 96 valence electrons. The summed E-state index contributed by atoms with van der Waals surface area (Å²) in [5.74, 6) is -0.246. The first-order valence-electron chi connectivity index (χ1n) is 5.63. The predicted octanol–water partition coefficient (Wildman–Crippen LogP) is 2.45. The van der Waals surface area contributed by atoms with Crippen LogP contribution in [0.4, 0.5) is 5.13 Å². The van der Waals surface area contributed by atoms with Gasteiger partial charge in [0.15, 0.2) is 5.13 Å². The molecule has 0 radical (unpaired) electrons. The van der Waals surface area contributed by atoms with E-state index in [9.17, 15) is 4.79 Å². The van der Waals surface area contributed by atoms with E-state index in [-0.39, 0.29) is 12.4 Å². The Balaban J connectivity index is 1.84. The molecule has 0 aromatic carbocycles. The lowest BCUT2D eigenvalue weighted by Crippen LogP contribution is -2.07. The zero-order chi connectivity index (χ0) is 12.8. The lowest BCUT2D eigenvalue weighted by Gasteiger charge is -1.99. The first kappa shape index (κ1) is 12.6. The van der Waals surface area contributed by atoms with E-state index in [1.165, 1.54) is 11.3 Å². The van der Waals surface area contributed by atoms with Crippen molar-refractivity contribution in [1.29, 1.82) is 0 Å². The molecule has 0 spiro atoms. The fourth-order valence-corrected chi connectivity index (χ4v) is 2.11. The third-order valence-electron chi connectivity index (χ3n) is 2.21. The Kier molecular flexibility index (Phi) is 4.35. The van der Waals surface area contributed by atoms with Gasteiger partial charge in [0.1, 0.15) is 0 Å². The van der Waals surface area contributed by atoms with Crippen LogP contribution < -0.4 is 5.32 Å². The van der Waals surface area contributed by atoms with Crippen molar-refractivity contribution >= 4 is 22.4 Å². The van der Waals surface area contributed by atoms with Crippen LogP contribution in [0.5, 0.6) is 0 Å². The number of hydrogen-bond donors (Lipinski definition) is 1. The van der Waals surface area contributed by atoms with Gasteiger partial charge < -0.3 is 14.5 Å². The van der Waals surface area contributed by atoms with Crippen LogP contribution in [0.3, 0.4) is 0 Å². The fraction of sp³-hybridized carbons (Fsp3) is 0.333. The van der Waals surface area contributed by atoms with Crippen LogP contribution >= 0.6 is 11.3 Å². The van der Waals surface area contributed by atoms with Gasteiger partial charge in [-0.1, -0.05) is 0 Å². The molecule has 0 aliphatic carbocycles. The SMILES string of the molecule is CCOC(=O)Cc1csc(NCc2ccoc2)n1. The highest BCUT2D eigenvalue weighted by Gasteiger charge is 2.08. The number of anilines is 1. The average molecular weight is 266 g/mol. The second kappa shape index (κ2) is 6.20. The van der Waals surface area contributed by atoms with Crippen LogP contribution in [0.1, 0.15) is 18.2 Å². The van der Waals surface area contributed by atoms with Crippen molar-refractivity contribution in [3.63, 3.8) is 0 Å². The summed E-state index contributed by atoms with van der Waals surface area (Å²) in [4.78, 5) is 15.6. The molecule has 0 unspecified atom stereocenters. The molecule has 0 fully saturated rings. The highest BCUT2D eigenvalue weighted by molar-refractivity contribution is 7.13. The first-order chi connectivity index (χ1) is 8.78. The largest absolute Gasteiger partial charge is 0.472 e. The van der Waals surface area contributed by atoms with Crippen LogP contribution in [-0.2, 0) is 22.5 Å². The van der Waals surface area contributed by atoms with Gasteiger partial charge in [-0.3, -0.25) is 4.79 Å². The molecule has 0 amide bonds. The molecule has 0 bridgehead atoms. The number of ether oxygens (including phenoxy) is 1. The standard InChI is InChI=1S/C12H14N2O3S/c1-2-17-11(15)5-10-8-18-12(14-10)13-6-9-3-4-16-7-9/h3-4,7-8H,2,5-6H2,1H3,(H,13,14). The molecule has 1 N–H and O–H groups in total. The van der Waals surface area contributed by atoms with Crippen molar-refractivity contribution in [2.45, 2.75) is 19.9 Å². The summed E-state index contributed by atoms with van der Waals surface area (Å²) in [6.07, 6.45) is 3.53. The lowest BCUT2D eigenvalue weighted by molar-refractivity contribution is -0.142. The van der Waals surface area contributed by atoms with Crippen molar-refractivity contribution in [2.75, 3.05) is 11.9 Å². The van der Waals surface area contributed by atoms with Gasteiger partial charge in [-0.05, 0) is 13.0 Å². The van der Waals surface area contributed by atoms with E-state index in [2.05, 4.69) is 10.3 Å². The quantitative estimate of drug-likeness (QED) is 0.814. The second-order valence-corrected chi connectivity index (χ2v) is 4.47. The Morgan fingerprint density at radius 1 is 1.61 bits per heavy atom. The average Bonchev–Trinajstić information content (AvgIpc) is 2.97. The molecule has 6 heteroatoms. The van der Waals surface area contributed by atoms with Crippen LogP contribution in [-0.4, -0.2) is 17.6 Å². The summed E-state index contributed by atoms with van der Waals surface area (Å²) in [5, 5.41) is 5.81. The summed E-state index contributed by atoms with van der Waals surface area (Å²) >= 11 is 1.47.